The van der Waals surface area contributed by atoms with Crippen LogP contribution in [0.5, 0.6) is 0 Å². The number of aryl methyl sites for hydroxylation is 1. The molecule has 27 heavy (non-hydrogen) atoms. The third kappa shape index (κ3) is 2.75. The Kier molecular flexibility index (Phi) is 3.66. The first-order valence-corrected chi connectivity index (χ1v) is 9.55. The van der Waals surface area contributed by atoms with E-state index in [4.69, 9.17) is 4.42 Å². The summed E-state index contributed by atoms with van der Waals surface area (Å²) in [5, 5.41) is 5.91. The van der Waals surface area contributed by atoms with Crippen LogP contribution in [0.2, 0.25) is 0 Å². The molecule has 0 radical (unpaired) electrons. The molecule has 0 bridgehead atoms. The van der Waals surface area contributed by atoms with E-state index in [-0.39, 0.29) is 5.63 Å². The molecule has 0 aliphatic carbocycles. The van der Waals surface area contributed by atoms with Crippen LogP contribution in [0.1, 0.15) is 5.56 Å². The minimum absolute atomic E-state index is 0.362. The number of nitrogens with zero attached hydrogens (tertiary/aromatic N) is 1. The molecule has 5 rings (SSSR count). The molecule has 5 aromatic rings. The fourth-order valence-electron chi connectivity index (χ4n) is 3.28. The molecule has 0 saturated heterocycles. The number of thiazole rings is 1. The zero-order valence-corrected chi connectivity index (χ0v) is 15.4. The topological polar surface area (TPSA) is 43.1 Å². The lowest BCUT2D eigenvalue weighted by Gasteiger charge is -2.04. The van der Waals surface area contributed by atoms with Crippen molar-refractivity contribution in [3.8, 4) is 21.8 Å². The summed E-state index contributed by atoms with van der Waals surface area (Å²) in [6.07, 6.45) is 0. The van der Waals surface area contributed by atoms with Gasteiger partial charge in [0.15, 0.2) is 0 Å². The van der Waals surface area contributed by atoms with E-state index in [9.17, 15) is 4.79 Å². The summed E-state index contributed by atoms with van der Waals surface area (Å²) in [6, 6.07) is 22.0. The summed E-state index contributed by atoms with van der Waals surface area (Å²) in [6.45, 7) is 2.06. The zero-order chi connectivity index (χ0) is 18.4. The third-order valence-corrected chi connectivity index (χ3v) is 5.61. The first kappa shape index (κ1) is 16.0. The highest BCUT2D eigenvalue weighted by atomic mass is 32.1. The van der Waals surface area contributed by atoms with Gasteiger partial charge in [-0.05, 0) is 29.8 Å². The Morgan fingerprint density at radius 2 is 1.74 bits per heavy atom. The van der Waals surface area contributed by atoms with Gasteiger partial charge in [0.25, 0.3) is 0 Å². The predicted molar refractivity (Wildman–Crippen MR) is 111 cm³/mol. The second kappa shape index (κ2) is 6.18. The summed E-state index contributed by atoms with van der Waals surface area (Å²) < 4.78 is 5.60. The van der Waals surface area contributed by atoms with E-state index in [2.05, 4.69) is 30.1 Å². The summed E-state index contributed by atoms with van der Waals surface area (Å²) in [7, 11) is 0. The highest BCUT2D eigenvalue weighted by Gasteiger charge is 2.13. The maximum atomic E-state index is 12.6. The van der Waals surface area contributed by atoms with Gasteiger partial charge in [-0.15, -0.1) is 11.3 Å². The molecule has 0 fully saturated rings. The largest absolute Gasteiger partial charge is 0.422 e. The number of fused-ring (bicyclic) bond motifs is 3. The van der Waals surface area contributed by atoms with Crippen LogP contribution in [0.25, 0.3) is 43.6 Å². The SMILES string of the molecule is Cc1ccc(-c2nc(-c3cc4c(ccc5ccccc54)oc3=O)cs2)cc1. The van der Waals surface area contributed by atoms with E-state index in [1.807, 2.05) is 53.9 Å². The Morgan fingerprint density at radius 3 is 2.59 bits per heavy atom. The standard InChI is InChI=1S/C23H15NO2S/c1-14-6-8-16(9-7-14)22-24-20(13-27-22)19-12-18-17-5-3-2-4-15(17)10-11-21(18)26-23(19)25/h2-13H,1H3. The highest BCUT2D eigenvalue weighted by Crippen LogP contribution is 2.31. The average molecular weight is 369 g/mol. The summed E-state index contributed by atoms with van der Waals surface area (Å²) in [5.74, 6) is 0. The summed E-state index contributed by atoms with van der Waals surface area (Å²) in [4.78, 5) is 17.2. The van der Waals surface area contributed by atoms with Crippen LogP contribution in [0.15, 0.2) is 81.3 Å². The van der Waals surface area contributed by atoms with Crippen molar-refractivity contribution in [2.75, 3.05) is 0 Å². The highest BCUT2D eigenvalue weighted by molar-refractivity contribution is 7.13. The molecule has 130 valence electrons. The molecule has 0 aliphatic heterocycles. The van der Waals surface area contributed by atoms with E-state index in [1.54, 1.807) is 0 Å². The van der Waals surface area contributed by atoms with Crippen molar-refractivity contribution in [2.24, 2.45) is 0 Å². The van der Waals surface area contributed by atoms with Crippen LogP contribution in [0, 0.1) is 6.92 Å². The van der Waals surface area contributed by atoms with Gasteiger partial charge >= 0.3 is 5.63 Å². The van der Waals surface area contributed by atoms with Crippen LogP contribution < -0.4 is 5.63 Å². The van der Waals surface area contributed by atoms with Gasteiger partial charge in [-0.3, -0.25) is 0 Å². The van der Waals surface area contributed by atoms with Crippen LogP contribution in [-0.2, 0) is 0 Å². The lowest BCUT2D eigenvalue weighted by molar-refractivity contribution is 0.563. The zero-order valence-electron chi connectivity index (χ0n) is 14.6. The van der Waals surface area contributed by atoms with Crippen molar-refractivity contribution in [1.82, 2.24) is 4.98 Å². The van der Waals surface area contributed by atoms with E-state index in [0.29, 0.717) is 16.8 Å². The number of hydrogen-bond donors (Lipinski definition) is 0. The number of hydrogen-bond acceptors (Lipinski definition) is 4. The van der Waals surface area contributed by atoms with Crippen molar-refractivity contribution in [1.29, 1.82) is 0 Å². The Balaban J connectivity index is 1.69. The molecule has 0 amide bonds. The number of aromatic nitrogens is 1. The van der Waals surface area contributed by atoms with E-state index in [0.717, 1.165) is 26.7 Å². The van der Waals surface area contributed by atoms with Crippen LogP contribution in [-0.4, -0.2) is 4.98 Å². The summed E-state index contributed by atoms with van der Waals surface area (Å²) in [5.41, 5.74) is 3.63. The van der Waals surface area contributed by atoms with Crippen LogP contribution in [0.3, 0.4) is 0 Å². The molecule has 0 N–H and O–H groups in total. The fraction of sp³-hybridized carbons (Fsp3) is 0.0435. The van der Waals surface area contributed by atoms with E-state index >= 15 is 0 Å². The molecule has 3 nitrogen and oxygen atoms in total. The lowest BCUT2D eigenvalue weighted by Crippen LogP contribution is -2.03. The molecule has 2 heterocycles. The maximum absolute atomic E-state index is 12.6. The molecule has 0 spiro atoms. The normalized spacial score (nSPS) is 11.3. The first-order valence-electron chi connectivity index (χ1n) is 8.67. The minimum atomic E-state index is -0.362. The second-order valence-electron chi connectivity index (χ2n) is 6.55. The smallest absolute Gasteiger partial charge is 0.345 e. The second-order valence-corrected chi connectivity index (χ2v) is 7.41. The van der Waals surface area contributed by atoms with Gasteiger partial charge in [0.2, 0.25) is 0 Å². The van der Waals surface area contributed by atoms with Gasteiger partial charge in [-0.2, -0.15) is 0 Å². The Hall–Kier alpha value is -3.24. The van der Waals surface area contributed by atoms with Gasteiger partial charge in [-0.1, -0.05) is 60.2 Å². The van der Waals surface area contributed by atoms with Crippen LogP contribution >= 0.6 is 11.3 Å². The Bertz CT molecular complexity index is 1350. The lowest BCUT2D eigenvalue weighted by atomic mass is 10.0. The fourth-order valence-corrected chi connectivity index (χ4v) is 4.10. The van der Waals surface area contributed by atoms with Crippen molar-refractivity contribution < 1.29 is 4.42 Å². The third-order valence-electron chi connectivity index (χ3n) is 4.72. The van der Waals surface area contributed by atoms with Crippen molar-refractivity contribution in [2.45, 2.75) is 6.92 Å². The molecule has 3 aromatic carbocycles. The van der Waals surface area contributed by atoms with Gasteiger partial charge in [-0.25, -0.2) is 9.78 Å². The molecule has 0 aliphatic rings. The molecular weight excluding hydrogens is 354 g/mol. The number of rotatable bonds is 2. The average Bonchev–Trinajstić information content (AvgIpc) is 3.17. The molecule has 0 unspecified atom stereocenters. The molecule has 2 aromatic heterocycles. The molecular formula is C23H15NO2S. The van der Waals surface area contributed by atoms with E-state index < -0.39 is 0 Å². The maximum Gasteiger partial charge on any atom is 0.345 e. The van der Waals surface area contributed by atoms with Gasteiger partial charge in [0, 0.05) is 16.3 Å². The van der Waals surface area contributed by atoms with Gasteiger partial charge in [0.1, 0.15) is 10.6 Å². The van der Waals surface area contributed by atoms with Gasteiger partial charge in [0.05, 0.1) is 11.3 Å². The molecule has 0 saturated carbocycles. The minimum Gasteiger partial charge on any atom is -0.422 e. The molecule has 4 heteroatoms. The molecule has 0 atom stereocenters. The van der Waals surface area contributed by atoms with Crippen LogP contribution in [0.4, 0.5) is 0 Å². The van der Waals surface area contributed by atoms with Gasteiger partial charge < -0.3 is 4.42 Å². The Morgan fingerprint density at radius 1 is 0.926 bits per heavy atom. The van der Waals surface area contributed by atoms with E-state index in [1.165, 1.54) is 16.9 Å². The monoisotopic (exact) mass is 369 g/mol. The van der Waals surface area contributed by atoms with Crippen molar-refractivity contribution in [3.63, 3.8) is 0 Å². The number of benzene rings is 3. The summed E-state index contributed by atoms with van der Waals surface area (Å²) >= 11 is 1.53. The Labute approximate surface area is 159 Å². The quantitative estimate of drug-likeness (QED) is 0.281. The van der Waals surface area contributed by atoms with Crippen molar-refractivity contribution in [3.05, 3.63) is 88.1 Å². The van der Waals surface area contributed by atoms with Crippen molar-refractivity contribution >= 4 is 33.1 Å². The first-order chi connectivity index (χ1) is 13.2. The predicted octanol–water partition coefficient (Wildman–Crippen LogP) is 6.05.